The van der Waals surface area contributed by atoms with Crippen LogP contribution in [0.25, 0.3) is 0 Å². The monoisotopic (exact) mass is 234 g/mol. The van der Waals surface area contributed by atoms with E-state index in [1.807, 2.05) is 0 Å². The zero-order valence-electron chi connectivity index (χ0n) is 11.8. The van der Waals surface area contributed by atoms with Crippen molar-refractivity contribution in [3.63, 3.8) is 0 Å². The first-order valence-corrected chi connectivity index (χ1v) is 6.47. The fourth-order valence-corrected chi connectivity index (χ4v) is 1.65. The highest BCUT2D eigenvalue weighted by molar-refractivity contribution is 5.46. The zero-order valence-corrected chi connectivity index (χ0v) is 11.8. The molecule has 0 saturated heterocycles. The summed E-state index contributed by atoms with van der Waals surface area (Å²) in [5.41, 5.74) is 2.80. The molecule has 2 nitrogen and oxygen atoms in total. The van der Waals surface area contributed by atoms with Gasteiger partial charge < -0.3 is 10.6 Å². The Morgan fingerprint density at radius 1 is 1.12 bits per heavy atom. The average Bonchev–Trinajstić information content (AvgIpc) is 2.23. The summed E-state index contributed by atoms with van der Waals surface area (Å²) < 4.78 is 0. The van der Waals surface area contributed by atoms with Gasteiger partial charge in [-0.1, -0.05) is 26.0 Å². The maximum absolute atomic E-state index is 3.47. The standard InChI is InChI=1S/C15H26N2/c1-12(2)13-7-6-8-14(11-13)16-9-10-17-15(3,4)5/h6-8,11-12,16-17H,9-10H2,1-5H3. The molecular weight excluding hydrogens is 208 g/mol. The molecule has 0 aromatic heterocycles. The Morgan fingerprint density at radius 3 is 2.41 bits per heavy atom. The normalized spacial score (nSPS) is 11.9. The third-order valence-corrected chi connectivity index (χ3v) is 2.66. The van der Waals surface area contributed by atoms with E-state index in [-0.39, 0.29) is 5.54 Å². The van der Waals surface area contributed by atoms with Crippen LogP contribution in [0.2, 0.25) is 0 Å². The van der Waals surface area contributed by atoms with Gasteiger partial charge in [-0.2, -0.15) is 0 Å². The van der Waals surface area contributed by atoms with Gasteiger partial charge in [0.2, 0.25) is 0 Å². The van der Waals surface area contributed by atoms with Crippen LogP contribution in [-0.2, 0) is 0 Å². The summed E-state index contributed by atoms with van der Waals surface area (Å²) >= 11 is 0. The van der Waals surface area contributed by atoms with Gasteiger partial charge in [0.25, 0.3) is 0 Å². The first kappa shape index (κ1) is 14.0. The summed E-state index contributed by atoms with van der Waals surface area (Å²) in [7, 11) is 0. The Hall–Kier alpha value is -1.02. The number of benzene rings is 1. The van der Waals surface area contributed by atoms with Crippen LogP contribution in [0.1, 0.15) is 46.1 Å². The van der Waals surface area contributed by atoms with E-state index in [9.17, 15) is 0 Å². The van der Waals surface area contributed by atoms with Crippen molar-refractivity contribution >= 4 is 5.69 Å². The van der Waals surface area contributed by atoms with Gasteiger partial charge in [-0.15, -0.1) is 0 Å². The average molecular weight is 234 g/mol. The fraction of sp³-hybridized carbons (Fsp3) is 0.600. The molecule has 0 aliphatic heterocycles. The predicted octanol–water partition coefficient (Wildman–Crippen LogP) is 3.61. The van der Waals surface area contributed by atoms with Crippen LogP contribution in [-0.4, -0.2) is 18.6 Å². The van der Waals surface area contributed by atoms with E-state index in [1.54, 1.807) is 0 Å². The van der Waals surface area contributed by atoms with Gasteiger partial charge in [0.15, 0.2) is 0 Å². The SMILES string of the molecule is CC(C)c1cccc(NCCNC(C)(C)C)c1. The lowest BCUT2D eigenvalue weighted by Crippen LogP contribution is -2.38. The highest BCUT2D eigenvalue weighted by Gasteiger charge is 2.07. The second-order valence-electron chi connectivity index (χ2n) is 5.88. The van der Waals surface area contributed by atoms with Crippen molar-refractivity contribution in [2.24, 2.45) is 0 Å². The molecule has 0 radical (unpaired) electrons. The number of hydrogen-bond acceptors (Lipinski definition) is 2. The number of anilines is 1. The van der Waals surface area contributed by atoms with Crippen molar-refractivity contribution in [3.05, 3.63) is 29.8 Å². The molecule has 0 aliphatic rings. The Kier molecular flexibility index (Phi) is 5.01. The Bertz CT molecular complexity index is 337. The largest absolute Gasteiger partial charge is 0.384 e. The first-order valence-electron chi connectivity index (χ1n) is 6.47. The van der Waals surface area contributed by atoms with Gasteiger partial charge in [-0.05, 0) is 44.4 Å². The minimum absolute atomic E-state index is 0.196. The molecule has 2 heteroatoms. The summed E-state index contributed by atoms with van der Waals surface area (Å²) in [5, 5.41) is 6.92. The minimum atomic E-state index is 0.196. The van der Waals surface area contributed by atoms with E-state index in [0.29, 0.717) is 5.92 Å². The summed E-state index contributed by atoms with van der Waals surface area (Å²) in [6.07, 6.45) is 0. The van der Waals surface area contributed by atoms with Gasteiger partial charge in [0.05, 0.1) is 0 Å². The molecule has 0 fully saturated rings. The molecule has 0 spiro atoms. The molecule has 1 aromatic rings. The van der Waals surface area contributed by atoms with Crippen LogP contribution in [0.3, 0.4) is 0 Å². The van der Waals surface area contributed by atoms with Gasteiger partial charge in [0, 0.05) is 24.3 Å². The Balaban J connectivity index is 2.39. The van der Waals surface area contributed by atoms with E-state index in [0.717, 1.165) is 13.1 Å². The highest BCUT2D eigenvalue weighted by Crippen LogP contribution is 2.18. The van der Waals surface area contributed by atoms with Crippen molar-refractivity contribution in [1.82, 2.24) is 5.32 Å². The quantitative estimate of drug-likeness (QED) is 0.761. The molecule has 0 heterocycles. The van der Waals surface area contributed by atoms with Gasteiger partial charge in [0.1, 0.15) is 0 Å². The zero-order chi connectivity index (χ0) is 12.9. The number of hydrogen-bond donors (Lipinski definition) is 2. The maximum atomic E-state index is 3.47. The molecule has 17 heavy (non-hydrogen) atoms. The van der Waals surface area contributed by atoms with Crippen molar-refractivity contribution < 1.29 is 0 Å². The van der Waals surface area contributed by atoms with Gasteiger partial charge >= 0.3 is 0 Å². The molecular formula is C15H26N2. The lowest BCUT2D eigenvalue weighted by molar-refractivity contribution is 0.435. The van der Waals surface area contributed by atoms with Crippen LogP contribution < -0.4 is 10.6 Å². The molecule has 0 amide bonds. The van der Waals surface area contributed by atoms with Crippen molar-refractivity contribution in [3.8, 4) is 0 Å². The topological polar surface area (TPSA) is 24.1 Å². The van der Waals surface area contributed by atoms with Crippen LogP contribution in [0.4, 0.5) is 5.69 Å². The lowest BCUT2D eigenvalue weighted by Gasteiger charge is -2.20. The highest BCUT2D eigenvalue weighted by atomic mass is 15.0. The second kappa shape index (κ2) is 6.06. The molecule has 0 atom stereocenters. The second-order valence-corrected chi connectivity index (χ2v) is 5.88. The molecule has 2 N–H and O–H groups in total. The van der Waals surface area contributed by atoms with E-state index < -0.39 is 0 Å². The number of rotatable bonds is 5. The Labute approximate surface area is 106 Å². The van der Waals surface area contributed by atoms with Crippen LogP contribution in [0.15, 0.2) is 24.3 Å². The van der Waals surface area contributed by atoms with E-state index in [1.165, 1.54) is 11.3 Å². The van der Waals surface area contributed by atoms with Crippen LogP contribution >= 0.6 is 0 Å². The molecule has 0 saturated carbocycles. The van der Waals surface area contributed by atoms with E-state index >= 15 is 0 Å². The smallest absolute Gasteiger partial charge is 0.0343 e. The summed E-state index contributed by atoms with van der Waals surface area (Å²) in [5.74, 6) is 0.587. The molecule has 0 unspecified atom stereocenters. The van der Waals surface area contributed by atoms with E-state index in [4.69, 9.17) is 0 Å². The summed E-state index contributed by atoms with van der Waals surface area (Å²) in [4.78, 5) is 0. The maximum Gasteiger partial charge on any atom is 0.0343 e. The van der Waals surface area contributed by atoms with Gasteiger partial charge in [-0.3, -0.25) is 0 Å². The number of nitrogens with one attached hydrogen (secondary N) is 2. The van der Waals surface area contributed by atoms with Gasteiger partial charge in [-0.25, -0.2) is 0 Å². The van der Waals surface area contributed by atoms with Crippen LogP contribution in [0, 0.1) is 0 Å². The van der Waals surface area contributed by atoms with Crippen molar-refractivity contribution in [2.45, 2.75) is 46.1 Å². The predicted molar refractivity (Wildman–Crippen MR) is 76.8 cm³/mol. The fourth-order valence-electron chi connectivity index (χ4n) is 1.65. The third kappa shape index (κ3) is 5.73. The first-order chi connectivity index (χ1) is 7.88. The molecule has 0 aliphatic carbocycles. The van der Waals surface area contributed by atoms with Crippen LogP contribution in [0.5, 0.6) is 0 Å². The molecule has 1 rings (SSSR count). The molecule has 0 bridgehead atoms. The van der Waals surface area contributed by atoms with Crippen molar-refractivity contribution in [2.75, 3.05) is 18.4 Å². The van der Waals surface area contributed by atoms with Crippen molar-refractivity contribution in [1.29, 1.82) is 0 Å². The molecule has 1 aromatic carbocycles. The summed E-state index contributed by atoms with van der Waals surface area (Å²) in [6.45, 7) is 12.9. The Morgan fingerprint density at radius 2 is 1.82 bits per heavy atom. The third-order valence-electron chi connectivity index (χ3n) is 2.66. The summed E-state index contributed by atoms with van der Waals surface area (Å²) in [6, 6.07) is 8.67. The molecule has 96 valence electrons. The van der Waals surface area contributed by atoms with E-state index in [2.05, 4.69) is 69.5 Å². The minimum Gasteiger partial charge on any atom is -0.384 e. The lowest BCUT2D eigenvalue weighted by atomic mass is 10.0.